The molecular weight excluding hydrogens is 242 g/mol. The monoisotopic (exact) mass is 277 g/mol. The molecule has 20 heavy (non-hydrogen) atoms. The lowest BCUT2D eigenvalue weighted by atomic mass is 9.70. The van der Waals surface area contributed by atoms with E-state index in [1.807, 2.05) is 0 Å². The zero-order valence-electron chi connectivity index (χ0n) is 14.7. The Morgan fingerprint density at radius 1 is 1.15 bits per heavy atom. The highest BCUT2D eigenvalue weighted by atomic mass is 14.9. The first-order valence-electron chi connectivity index (χ1n) is 8.41. The summed E-state index contributed by atoms with van der Waals surface area (Å²) in [7, 11) is 0. The van der Waals surface area contributed by atoms with Gasteiger partial charge >= 0.3 is 0 Å². The Morgan fingerprint density at radius 2 is 1.80 bits per heavy atom. The van der Waals surface area contributed by atoms with E-state index in [0.29, 0.717) is 17.3 Å². The van der Waals surface area contributed by atoms with E-state index in [1.165, 1.54) is 25.0 Å². The molecular formula is C19H35N. The molecule has 0 saturated carbocycles. The minimum atomic E-state index is 0.414. The van der Waals surface area contributed by atoms with Crippen molar-refractivity contribution in [2.45, 2.75) is 67.7 Å². The Labute approximate surface area is 126 Å². The van der Waals surface area contributed by atoms with Crippen molar-refractivity contribution >= 4 is 0 Å². The molecule has 1 rings (SSSR count). The first kappa shape index (κ1) is 17.3. The summed E-state index contributed by atoms with van der Waals surface area (Å²) in [5, 5.41) is 3.68. The maximum atomic E-state index is 3.68. The van der Waals surface area contributed by atoms with Crippen LogP contribution >= 0.6 is 0 Å². The molecule has 0 aliphatic carbocycles. The van der Waals surface area contributed by atoms with Crippen LogP contribution in [0.2, 0.25) is 0 Å². The van der Waals surface area contributed by atoms with Crippen LogP contribution in [-0.2, 0) is 0 Å². The smallest absolute Gasteiger partial charge is 0.0327 e. The highest BCUT2D eigenvalue weighted by molar-refractivity contribution is 5.19. The van der Waals surface area contributed by atoms with Crippen LogP contribution in [0.5, 0.6) is 0 Å². The van der Waals surface area contributed by atoms with Gasteiger partial charge < -0.3 is 5.32 Å². The SMILES string of the molecule is CCC(C)(C)C1C/C=C\CN/C(C(C)C)=C(/C(C)C)C1. The van der Waals surface area contributed by atoms with E-state index in [-0.39, 0.29) is 0 Å². The summed E-state index contributed by atoms with van der Waals surface area (Å²) >= 11 is 0. The molecule has 0 fully saturated rings. The number of hydrogen-bond acceptors (Lipinski definition) is 1. The van der Waals surface area contributed by atoms with Crippen molar-refractivity contribution in [2.24, 2.45) is 23.2 Å². The van der Waals surface area contributed by atoms with Crippen LogP contribution in [0, 0.1) is 23.2 Å². The summed E-state index contributed by atoms with van der Waals surface area (Å²) in [6.07, 6.45) is 8.40. The summed E-state index contributed by atoms with van der Waals surface area (Å²) in [6.45, 7) is 17.5. The third-order valence-electron chi connectivity index (χ3n) is 5.10. The Bertz CT molecular complexity index is 358. The zero-order chi connectivity index (χ0) is 15.3. The third kappa shape index (κ3) is 4.40. The van der Waals surface area contributed by atoms with Crippen molar-refractivity contribution in [1.82, 2.24) is 5.32 Å². The first-order valence-corrected chi connectivity index (χ1v) is 8.41. The van der Waals surface area contributed by atoms with Gasteiger partial charge in [0.25, 0.3) is 0 Å². The maximum absolute atomic E-state index is 3.68. The molecule has 0 aromatic heterocycles. The quantitative estimate of drug-likeness (QED) is 0.665. The standard InChI is InChI=1S/C19H35N/c1-8-19(6,7)16-11-9-10-12-20-18(15(4)5)17(13-16)14(2)3/h9-10,14-16,20H,8,11-13H2,1-7H3/b10-9-,18-17+. The molecule has 1 heteroatoms. The van der Waals surface area contributed by atoms with Gasteiger partial charge in [-0.3, -0.25) is 0 Å². The van der Waals surface area contributed by atoms with Gasteiger partial charge in [-0.25, -0.2) is 0 Å². The van der Waals surface area contributed by atoms with Crippen molar-refractivity contribution in [3.05, 3.63) is 23.4 Å². The highest BCUT2D eigenvalue weighted by Crippen LogP contribution is 2.40. The first-order chi connectivity index (χ1) is 9.29. The number of nitrogens with one attached hydrogen (secondary N) is 1. The average Bonchev–Trinajstić information content (AvgIpc) is 2.48. The minimum absolute atomic E-state index is 0.414. The second-order valence-electron chi connectivity index (χ2n) is 7.58. The third-order valence-corrected chi connectivity index (χ3v) is 5.10. The molecule has 0 radical (unpaired) electrons. The molecule has 1 atom stereocenters. The van der Waals surface area contributed by atoms with Crippen LogP contribution in [0.3, 0.4) is 0 Å². The molecule has 1 N–H and O–H groups in total. The van der Waals surface area contributed by atoms with Crippen molar-refractivity contribution in [3.8, 4) is 0 Å². The van der Waals surface area contributed by atoms with Gasteiger partial charge in [0.05, 0.1) is 0 Å². The summed E-state index contributed by atoms with van der Waals surface area (Å²) in [6, 6.07) is 0. The van der Waals surface area contributed by atoms with E-state index in [9.17, 15) is 0 Å². The fourth-order valence-electron chi connectivity index (χ4n) is 3.09. The normalized spacial score (nSPS) is 26.9. The van der Waals surface area contributed by atoms with Crippen LogP contribution < -0.4 is 5.32 Å². The zero-order valence-corrected chi connectivity index (χ0v) is 14.7. The summed E-state index contributed by atoms with van der Waals surface area (Å²) < 4.78 is 0. The largest absolute Gasteiger partial charge is 0.385 e. The molecule has 0 bridgehead atoms. The predicted molar refractivity (Wildman–Crippen MR) is 90.6 cm³/mol. The lowest BCUT2D eigenvalue weighted by molar-refractivity contribution is 0.199. The molecule has 1 heterocycles. The van der Waals surface area contributed by atoms with Crippen LogP contribution in [0.15, 0.2) is 23.4 Å². The Hall–Kier alpha value is -0.720. The molecule has 0 aromatic rings. The molecule has 0 spiro atoms. The molecule has 0 amide bonds. The van der Waals surface area contributed by atoms with Gasteiger partial charge in [-0.1, -0.05) is 67.0 Å². The maximum Gasteiger partial charge on any atom is 0.0327 e. The Morgan fingerprint density at radius 3 is 2.30 bits per heavy atom. The summed E-state index contributed by atoms with van der Waals surface area (Å²) in [4.78, 5) is 0. The second kappa shape index (κ2) is 7.33. The van der Waals surface area contributed by atoms with Crippen LogP contribution in [0.1, 0.15) is 67.7 Å². The average molecular weight is 277 g/mol. The molecule has 116 valence electrons. The van der Waals surface area contributed by atoms with Gasteiger partial charge in [-0.2, -0.15) is 0 Å². The van der Waals surface area contributed by atoms with Crippen molar-refractivity contribution in [2.75, 3.05) is 6.54 Å². The van der Waals surface area contributed by atoms with E-state index < -0.39 is 0 Å². The summed E-state index contributed by atoms with van der Waals surface area (Å²) in [5.41, 5.74) is 3.55. The molecule has 1 aliphatic rings. The molecule has 1 unspecified atom stereocenters. The number of hydrogen-bond donors (Lipinski definition) is 1. The van der Waals surface area contributed by atoms with Gasteiger partial charge in [0.15, 0.2) is 0 Å². The topological polar surface area (TPSA) is 12.0 Å². The molecule has 0 saturated heterocycles. The van der Waals surface area contributed by atoms with Gasteiger partial charge in [0.2, 0.25) is 0 Å². The fraction of sp³-hybridized carbons (Fsp3) is 0.789. The van der Waals surface area contributed by atoms with Crippen molar-refractivity contribution < 1.29 is 0 Å². The van der Waals surface area contributed by atoms with E-state index in [1.54, 1.807) is 5.57 Å². The van der Waals surface area contributed by atoms with Crippen molar-refractivity contribution in [1.29, 1.82) is 0 Å². The fourth-order valence-corrected chi connectivity index (χ4v) is 3.09. The van der Waals surface area contributed by atoms with Gasteiger partial charge in [-0.05, 0) is 41.6 Å². The number of rotatable bonds is 4. The highest BCUT2D eigenvalue weighted by Gasteiger charge is 2.29. The number of allylic oxidation sites excluding steroid dienone is 3. The van der Waals surface area contributed by atoms with E-state index >= 15 is 0 Å². The van der Waals surface area contributed by atoms with Gasteiger partial charge in [-0.15, -0.1) is 0 Å². The van der Waals surface area contributed by atoms with E-state index in [0.717, 1.165) is 12.5 Å². The van der Waals surface area contributed by atoms with Crippen LogP contribution in [-0.4, -0.2) is 6.54 Å². The molecule has 1 aliphatic heterocycles. The second-order valence-corrected chi connectivity index (χ2v) is 7.58. The predicted octanol–water partition coefficient (Wildman–Crippen LogP) is 5.54. The Balaban J connectivity index is 3.16. The van der Waals surface area contributed by atoms with Crippen LogP contribution in [0.4, 0.5) is 0 Å². The lowest BCUT2D eigenvalue weighted by Crippen LogP contribution is -2.26. The molecule has 1 nitrogen and oxygen atoms in total. The van der Waals surface area contributed by atoms with Gasteiger partial charge in [0, 0.05) is 12.2 Å². The van der Waals surface area contributed by atoms with Crippen LogP contribution in [0.25, 0.3) is 0 Å². The minimum Gasteiger partial charge on any atom is -0.385 e. The van der Waals surface area contributed by atoms with Crippen molar-refractivity contribution in [3.63, 3.8) is 0 Å². The molecule has 0 aromatic carbocycles. The Kier molecular flexibility index (Phi) is 6.36. The lowest BCUT2D eigenvalue weighted by Gasteiger charge is -2.35. The van der Waals surface area contributed by atoms with Gasteiger partial charge in [0.1, 0.15) is 0 Å². The van der Waals surface area contributed by atoms with E-state index in [4.69, 9.17) is 0 Å². The summed E-state index contributed by atoms with van der Waals surface area (Å²) in [5.74, 6) is 1.97. The van der Waals surface area contributed by atoms with E-state index in [2.05, 4.69) is 65.9 Å².